The van der Waals surface area contributed by atoms with Crippen molar-refractivity contribution in [1.29, 1.82) is 0 Å². The first-order valence-electron chi connectivity index (χ1n) is 9.96. The van der Waals surface area contributed by atoms with Gasteiger partial charge in [0.1, 0.15) is 17.5 Å². The van der Waals surface area contributed by atoms with Crippen LogP contribution in [0.15, 0.2) is 35.1 Å². The topological polar surface area (TPSA) is 110 Å². The highest BCUT2D eigenvalue weighted by atomic mass is 16.5. The van der Waals surface area contributed by atoms with Crippen molar-refractivity contribution in [2.75, 3.05) is 29.9 Å². The number of piperidine rings is 1. The van der Waals surface area contributed by atoms with Crippen molar-refractivity contribution in [1.82, 2.24) is 15.1 Å². The van der Waals surface area contributed by atoms with E-state index in [-0.39, 0.29) is 17.8 Å². The molecule has 4 rings (SSSR count). The number of ether oxygens (including phenoxy) is 1. The van der Waals surface area contributed by atoms with Gasteiger partial charge < -0.3 is 19.5 Å². The fraction of sp³-hybridized carbons (Fsp3) is 0.381. The number of aromatic nitrogens is 3. The smallest absolute Gasteiger partial charge is 0.338 e. The minimum Gasteiger partial charge on any atom is -0.462 e. The molecule has 1 N–H and O–H groups in total. The molecule has 9 nitrogen and oxygen atoms in total. The molecule has 1 saturated heterocycles. The van der Waals surface area contributed by atoms with Gasteiger partial charge in [-0.15, -0.1) is 0 Å². The zero-order valence-corrected chi connectivity index (χ0v) is 16.9. The number of hydrogen-bond acceptors (Lipinski definition) is 8. The molecule has 1 atom stereocenters. The SMILES string of the molecule is CCOC(=O)c1ccc(NC(=O)[C@@H]2CCCN(c3ncnc4onc(C)c34)C2)cc1. The Labute approximate surface area is 173 Å². The summed E-state index contributed by atoms with van der Waals surface area (Å²) in [5.41, 5.74) is 2.28. The predicted molar refractivity (Wildman–Crippen MR) is 110 cm³/mol. The normalized spacial score (nSPS) is 16.5. The van der Waals surface area contributed by atoms with E-state index in [1.807, 2.05) is 6.92 Å². The predicted octanol–water partition coefficient (Wildman–Crippen LogP) is 2.96. The lowest BCUT2D eigenvalue weighted by atomic mass is 9.96. The maximum atomic E-state index is 12.9. The van der Waals surface area contributed by atoms with Crippen LogP contribution in [-0.4, -0.2) is 46.7 Å². The number of amides is 1. The molecule has 9 heteroatoms. The molecule has 30 heavy (non-hydrogen) atoms. The van der Waals surface area contributed by atoms with Gasteiger partial charge >= 0.3 is 5.97 Å². The van der Waals surface area contributed by atoms with Crippen LogP contribution in [0.5, 0.6) is 0 Å². The Morgan fingerprint density at radius 1 is 1.27 bits per heavy atom. The van der Waals surface area contributed by atoms with Crippen LogP contribution >= 0.6 is 0 Å². The molecule has 0 bridgehead atoms. The molecule has 3 heterocycles. The summed E-state index contributed by atoms with van der Waals surface area (Å²) in [6, 6.07) is 6.71. The molecule has 1 aromatic carbocycles. The summed E-state index contributed by atoms with van der Waals surface area (Å²) in [6.07, 6.45) is 3.12. The van der Waals surface area contributed by atoms with Crippen LogP contribution in [0.2, 0.25) is 0 Å². The highest BCUT2D eigenvalue weighted by molar-refractivity contribution is 5.95. The van der Waals surface area contributed by atoms with E-state index in [0.717, 1.165) is 36.3 Å². The average molecular weight is 409 g/mol. The third-order valence-corrected chi connectivity index (χ3v) is 5.18. The first-order valence-corrected chi connectivity index (χ1v) is 9.96. The van der Waals surface area contributed by atoms with Gasteiger partial charge in [0, 0.05) is 18.8 Å². The van der Waals surface area contributed by atoms with Crippen molar-refractivity contribution < 1.29 is 18.8 Å². The molecule has 0 aliphatic carbocycles. The first-order chi connectivity index (χ1) is 14.6. The number of esters is 1. The molecule has 2 aromatic heterocycles. The first kappa shape index (κ1) is 19.8. The summed E-state index contributed by atoms with van der Waals surface area (Å²) in [5.74, 6) is 0.123. The molecule has 0 spiro atoms. The van der Waals surface area contributed by atoms with Crippen LogP contribution in [0.25, 0.3) is 11.1 Å². The molecule has 156 valence electrons. The van der Waals surface area contributed by atoms with Crippen LogP contribution in [-0.2, 0) is 9.53 Å². The molecule has 0 unspecified atom stereocenters. The van der Waals surface area contributed by atoms with Crippen molar-refractivity contribution in [3.63, 3.8) is 0 Å². The average Bonchev–Trinajstić information content (AvgIpc) is 3.15. The van der Waals surface area contributed by atoms with E-state index in [1.165, 1.54) is 6.33 Å². The van der Waals surface area contributed by atoms with E-state index in [4.69, 9.17) is 9.26 Å². The monoisotopic (exact) mass is 409 g/mol. The fourth-order valence-electron chi connectivity index (χ4n) is 3.68. The zero-order chi connectivity index (χ0) is 21.1. The van der Waals surface area contributed by atoms with Gasteiger partial charge in [-0.05, 0) is 51.0 Å². The van der Waals surface area contributed by atoms with Crippen LogP contribution in [0.4, 0.5) is 11.5 Å². The number of hydrogen-bond donors (Lipinski definition) is 1. The minimum absolute atomic E-state index is 0.0593. The Morgan fingerprint density at radius 3 is 2.83 bits per heavy atom. The Kier molecular flexibility index (Phi) is 5.60. The fourth-order valence-corrected chi connectivity index (χ4v) is 3.68. The number of anilines is 2. The van der Waals surface area contributed by atoms with E-state index in [2.05, 4.69) is 25.3 Å². The lowest BCUT2D eigenvalue weighted by Gasteiger charge is -2.33. The van der Waals surface area contributed by atoms with Crippen molar-refractivity contribution in [2.24, 2.45) is 5.92 Å². The molecule has 3 aromatic rings. The quantitative estimate of drug-likeness (QED) is 0.641. The van der Waals surface area contributed by atoms with Gasteiger partial charge in [0.05, 0.1) is 23.8 Å². The Balaban J connectivity index is 1.45. The van der Waals surface area contributed by atoms with Gasteiger partial charge in [-0.1, -0.05) is 5.16 Å². The number of benzene rings is 1. The molecule has 0 saturated carbocycles. The maximum absolute atomic E-state index is 12.9. The van der Waals surface area contributed by atoms with E-state index in [0.29, 0.717) is 30.1 Å². The molecule has 1 aliphatic heterocycles. The molecular weight excluding hydrogens is 386 g/mol. The van der Waals surface area contributed by atoms with Gasteiger partial charge in [-0.3, -0.25) is 4.79 Å². The van der Waals surface area contributed by atoms with E-state index < -0.39 is 0 Å². The summed E-state index contributed by atoms with van der Waals surface area (Å²) >= 11 is 0. The molecular formula is C21H23N5O4. The zero-order valence-electron chi connectivity index (χ0n) is 16.9. The van der Waals surface area contributed by atoms with Crippen LogP contribution < -0.4 is 10.2 Å². The Morgan fingerprint density at radius 2 is 2.07 bits per heavy atom. The van der Waals surface area contributed by atoms with Crippen LogP contribution in [0.1, 0.15) is 35.8 Å². The van der Waals surface area contributed by atoms with Gasteiger partial charge in [-0.25, -0.2) is 9.78 Å². The number of nitrogens with zero attached hydrogens (tertiary/aromatic N) is 4. The molecule has 0 radical (unpaired) electrons. The second-order valence-corrected chi connectivity index (χ2v) is 7.22. The number of carbonyl (C=O) groups excluding carboxylic acids is 2. The highest BCUT2D eigenvalue weighted by Gasteiger charge is 2.28. The minimum atomic E-state index is -0.376. The third-order valence-electron chi connectivity index (χ3n) is 5.18. The molecule has 1 amide bonds. The lowest BCUT2D eigenvalue weighted by molar-refractivity contribution is -0.120. The Bertz CT molecular complexity index is 1060. The Hall–Kier alpha value is -3.49. The third kappa shape index (κ3) is 3.96. The van der Waals surface area contributed by atoms with Gasteiger partial charge in [-0.2, -0.15) is 4.98 Å². The second-order valence-electron chi connectivity index (χ2n) is 7.22. The second kappa shape index (κ2) is 8.48. The number of nitrogens with one attached hydrogen (secondary N) is 1. The number of fused-ring (bicyclic) bond motifs is 1. The summed E-state index contributed by atoms with van der Waals surface area (Å²) in [5, 5.41) is 7.71. The van der Waals surface area contributed by atoms with Crippen LogP contribution in [0, 0.1) is 12.8 Å². The van der Waals surface area contributed by atoms with E-state index in [9.17, 15) is 9.59 Å². The van der Waals surface area contributed by atoms with Crippen molar-refractivity contribution in [3.05, 3.63) is 41.9 Å². The highest BCUT2D eigenvalue weighted by Crippen LogP contribution is 2.29. The lowest BCUT2D eigenvalue weighted by Crippen LogP contribution is -2.41. The summed E-state index contributed by atoms with van der Waals surface area (Å²) in [7, 11) is 0. The van der Waals surface area contributed by atoms with Gasteiger partial charge in [0.25, 0.3) is 5.71 Å². The molecule has 1 aliphatic rings. The largest absolute Gasteiger partial charge is 0.462 e. The summed E-state index contributed by atoms with van der Waals surface area (Å²) in [6.45, 7) is 5.28. The number of rotatable bonds is 5. The van der Waals surface area contributed by atoms with Gasteiger partial charge in [0.2, 0.25) is 5.91 Å². The number of aryl methyl sites for hydroxylation is 1. The summed E-state index contributed by atoms with van der Waals surface area (Å²) < 4.78 is 10.2. The van der Waals surface area contributed by atoms with Gasteiger partial charge in [0.15, 0.2) is 0 Å². The van der Waals surface area contributed by atoms with E-state index in [1.54, 1.807) is 31.2 Å². The maximum Gasteiger partial charge on any atom is 0.338 e. The van der Waals surface area contributed by atoms with Crippen molar-refractivity contribution in [3.8, 4) is 0 Å². The number of carbonyl (C=O) groups is 2. The van der Waals surface area contributed by atoms with Crippen molar-refractivity contribution in [2.45, 2.75) is 26.7 Å². The standard InChI is InChI=1S/C21H23N5O4/c1-3-29-21(28)14-6-8-16(9-7-14)24-19(27)15-5-4-10-26(11-15)18-17-13(2)25-30-20(17)23-12-22-18/h6-9,12,15H,3-5,10-11H2,1-2H3,(H,24,27)/t15-/m1/s1. The van der Waals surface area contributed by atoms with E-state index >= 15 is 0 Å². The summed E-state index contributed by atoms with van der Waals surface area (Å²) in [4.78, 5) is 35.2. The molecule has 1 fully saturated rings. The van der Waals surface area contributed by atoms with Crippen molar-refractivity contribution >= 4 is 34.5 Å². The van der Waals surface area contributed by atoms with Crippen LogP contribution in [0.3, 0.4) is 0 Å².